The number of nitrogens with zero attached hydrogens (tertiary/aromatic N) is 2. The number of hydrogen-bond donors (Lipinski definition) is 2. The van der Waals surface area contributed by atoms with Crippen LogP contribution in [0, 0.1) is 0 Å². The third-order valence-corrected chi connectivity index (χ3v) is 4.73. The summed E-state index contributed by atoms with van der Waals surface area (Å²) in [6, 6.07) is 15.5. The van der Waals surface area contributed by atoms with Gasteiger partial charge in [-0.05, 0) is 54.3 Å². The number of ether oxygens (including phenoxy) is 2. The highest BCUT2D eigenvalue weighted by molar-refractivity contribution is 7.09. The van der Waals surface area contributed by atoms with Crippen molar-refractivity contribution in [2.24, 2.45) is 4.99 Å². The second-order valence-corrected chi connectivity index (χ2v) is 6.90. The molecule has 2 aromatic heterocycles. The number of nitrogens with one attached hydrogen (secondary N) is 2. The summed E-state index contributed by atoms with van der Waals surface area (Å²) in [5.41, 5.74) is 1.05. The lowest BCUT2D eigenvalue weighted by Crippen LogP contribution is -2.36. The number of pyridine rings is 1. The standard InChI is InChI=1S/C21H24N4O2S/c1-3-26-17-6-8-18(9-7-17)27-20-13-16(10-11-23-20)14-24-21(22-2)25-15-19-5-4-12-28-19/h4-13H,3,14-15H2,1-2H3,(H2,22,24,25). The molecule has 146 valence electrons. The van der Waals surface area contributed by atoms with Crippen molar-refractivity contribution in [1.29, 1.82) is 0 Å². The van der Waals surface area contributed by atoms with Gasteiger partial charge in [0.2, 0.25) is 5.88 Å². The Morgan fingerprint density at radius 1 is 1.07 bits per heavy atom. The maximum Gasteiger partial charge on any atom is 0.219 e. The number of thiophene rings is 1. The Kier molecular flexibility index (Phi) is 7.26. The molecule has 3 rings (SSSR count). The zero-order chi connectivity index (χ0) is 19.6. The van der Waals surface area contributed by atoms with Crippen molar-refractivity contribution in [3.63, 3.8) is 0 Å². The molecule has 3 aromatic rings. The van der Waals surface area contributed by atoms with E-state index in [1.807, 2.05) is 49.4 Å². The molecule has 7 heteroatoms. The van der Waals surface area contributed by atoms with Gasteiger partial charge in [0.25, 0.3) is 0 Å². The van der Waals surface area contributed by atoms with Crippen molar-refractivity contribution in [3.8, 4) is 17.4 Å². The third kappa shape index (κ3) is 5.99. The second kappa shape index (κ2) is 10.3. The van der Waals surface area contributed by atoms with E-state index in [2.05, 4.69) is 32.1 Å². The molecule has 0 bridgehead atoms. The van der Waals surface area contributed by atoms with Gasteiger partial charge in [0, 0.05) is 30.7 Å². The van der Waals surface area contributed by atoms with Gasteiger partial charge in [-0.25, -0.2) is 4.98 Å². The first-order valence-corrected chi connectivity index (χ1v) is 9.97. The van der Waals surface area contributed by atoms with E-state index in [-0.39, 0.29) is 0 Å². The summed E-state index contributed by atoms with van der Waals surface area (Å²) in [5.74, 6) is 2.83. The van der Waals surface area contributed by atoms with E-state index in [9.17, 15) is 0 Å². The van der Waals surface area contributed by atoms with Crippen LogP contribution in [0.2, 0.25) is 0 Å². The lowest BCUT2D eigenvalue weighted by Gasteiger charge is -2.12. The Hall–Kier alpha value is -3.06. The predicted octanol–water partition coefficient (Wildman–Crippen LogP) is 4.20. The molecule has 0 aliphatic carbocycles. The average molecular weight is 397 g/mol. The molecule has 2 N–H and O–H groups in total. The van der Waals surface area contributed by atoms with Gasteiger partial charge in [0.05, 0.1) is 13.2 Å². The van der Waals surface area contributed by atoms with Crippen LogP contribution in [-0.2, 0) is 13.1 Å². The fourth-order valence-corrected chi connectivity index (χ4v) is 3.14. The zero-order valence-electron chi connectivity index (χ0n) is 16.0. The Bertz CT molecular complexity index is 880. The Morgan fingerprint density at radius 3 is 2.57 bits per heavy atom. The molecule has 0 unspecified atom stereocenters. The maximum atomic E-state index is 5.84. The van der Waals surface area contributed by atoms with Gasteiger partial charge in [-0.15, -0.1) is 11.3 Å². The molecule has 0 aliphatic rings. The van der Waals surface area contributed by atoms with Gasteiger partial charge in [0.1, 0.15) is 11.5 Å². The molecule has 0 saturated carbocycles. The number of guanidine groups is 1. The average Bonchev–Trinajstić information content (AvgIpc) is 3.24. The van der Waals surface area contributed by atoms with Crippen LogP contribution in [0.25, 0.3) is 0 Å². The third-order valence-electron chi connectivity index (χ3n) is 3.85. The largest absolute Gasteiger partial charge is 0.494 e. The summed E-state index contributed by atoms with van der Waals surface area (Å²) in [5, 5.41) is 8.67. The van der Waals surface area contributed by atoms with Crippen LogP contribution in [0.15, 0.2) is 65.1 Å². The second-order valence-electron chi connectivity index (χ2n) is 5.87. The van der Waals surface area contributed by atoms with E-state index in [4.69, 9.17) is 9.47 Å². The SMILES string of the molecule is CCOc1ccc(Oc2cc(CNC(=NC)NCc3cccs3)ccn2)cc1. The minimum absolute atomic E-state index is 0.546. The highest BCUT2D eigenvalue weighted by Gasteiger charge is 2.04. The van der Waals surface area contributed by atoms with E-state index in [0.717, 1.165) is 29.6 Å². The number of benzene rings is 1. The van der Waals surface area contributed by atoms with Crippen molar-refractivity contribution in [3.05, 3.63) is 70.5 Å². The predicted molar refractivity (Wildman–Crippen MR) is 113 cm³/mol. The molecule has 0 radical (unpaired) electrons. The molecule has 1 aromatic carbocycles. The molecule has 0 fully saturated rings. The monoisotopic (exact) mass is 396 g/mol. The first-order valence-electron chi connectivity index (χ1n) is 9.09. The van der Waals surface area contributed by atoms with E-state index in [0.29, 0.717) is 19.0 Å². The summed E-state index contributed by atoms with van der Waals surface area (Å²) in [4.78, 5) is 9.80. The Morgan fingerprint density at radius 2 is 1.86 bits per heavy atom. The number of aliphatic imine (C=N–C) groups is 1. The highest BCUT2D eigenvalue weighted by Crippen LogP contribution is 2.23. The van der Waals surface area contributed by atoms with Crippen molar-refractivity contribution >= 4 is 17.3 Å². The van der Waals surface area contributed by atoms with Crippen molar-refractivity contribution in [2.45, 2.75) is 20.0 Å². The van der Waals surface area contributed by atoms with Crippen LogP contribution in [0.1, 0.15) is 17.4 Å². The van der Waals surface area contributed by atoms with Crippen LogP contribution < -0.4 is 20.1 Å². The quantitative estimate of drug-likeness (QED) is 0.441. The molecule has 0 aliphatic heterocycles. The molecule has 2 heterocycles. The highest BCUT2D eigenvalue weighted by atomic mass is 32.1. The van der Waals surface area contributed by atoms with Gasteiger partial charge >= 0.3 is 0 Å². The number of hydrogen-bond acceptors (Lipinski definition) is 5. The van der Waals surface area contributed by atoms with Gasteiger partial charge in [-0.2, -0.15) is 0 Å². The molecule has 28 heavy (non-hydrogen) atoms. The maximum absolute atomic E-state index is 5.84. The lowest BCUT2D eigenvalue weighted by atomic mass is 10.2. The van der Waals surface area contributed by atoms with Crippen LogP contribution >= 0.6 is 11.3 Å². The molecular weight excluding hydrogens is 372 g/mol. The molecule has 0 spiro atoms. The van der Waals surface area contributed by atoms with Crippen LogP contribution in [0.3, 0.4) is 0 Å². The summed E-state index contributed by atoms with van der Waals surface area (Å²) in [6.45, 7) is 3.97. The fraction of sp³-hybridized carbons (Fsp3) is 0.238. The van der Waals surface area contributed by atoms with Gasteiger partial charge < -0.3 is 20.1 Å². The summed E-state index contributed by atoms with van der Waals surface area (Å²) >= 11 is 1.72. The van der Waals surface area contributed by atoms with E-state index in [1.165, 1.54) is 4.88 Å². The summed E-state index contributed by atoms with van der Waals surface area (Å²) in [6.07, 6.45) is 1.74. The van der Waals surface area contributed by atoms with Crippen LogP contribution in [0.5, 0.6) is 17.4 Å². The first-order chi connectivity index (χ1) is 13.8. The molecule has 0 saturated heterocycles. The Labute approximate surface area is 169 Å². The van der Waals surface area contributed by atoms with E-state index in [1.54, 1.807) is 24.6 Å². The molecule has 6 nitrogen and oxygen atoms in total. The van der Waals surface area contributed by atoms with Crippen molar-refractivity contribution in [1.82, 2.24) is 15.6 Å². The van der Waals surface area contributed by atoms with E-state index >= 15 is 0 Å². The van der Waals surface area contributed by atoms with Crippen LogP contribution in [-0.4, -0.2) is 24.6 Å². The molecule has 0 amide bonds. The minimum atomic E-state index is 0.546. The number of rotatable bonds is 8. The van der Waals surface area contributed by atoms with Crippen LogP contribution in [0.4, 0.5) is 0 Å². The fourth-order valence-electron chi connectivity index (χ4n) is 2.50. The van der Waals surface area contributed by atoms with Crippen molar-refractivity contribution < 1.29 is 9.47 Å². The topological polar surface area (TPSA) is 67.8 Å². The first kappa shape index (κ1) is 19.7. The van der Waals surface area contributed by atoms with Gasteiger partial charge in [0.15, 0.2) is 5.96 Å². The smallest absolute Gasteiger partial charge is 0.219 e. The molecular formula is C21H24N4O2S. The molecule has 0 atom stereocenters. The Balaban J connectivity index is 1.53. The van der Waals surface area contributed by atoms with Crippen molar-refractivity contribution in [2.75, 3.05) is 13.7 Å². The van der Waals surface area contributed by atoms with Gasteiger partial charge in [-0.3, -0.25) is 4.99 Å². The number of aromatic nitrogens is 1. The normalized spacial score (nSPS) is 11.1. The summed E-state index contributed by atoms with van der Waals surface area (Å²) < 4.78 is 11.3. The van der Waals surface area contributed by atoms with Gasteiger partial charge in [-0.1, -0.05) is 6.07 Å². The minimum Gasteiger partial charge on any atom is -0.494 e. The lowest BCUT2D eigenvalue weighted by molar-refractivity contribution is 0.339. The summed E-state index contributed by atoms with van der Waals surface area (Å²) in [7, 11) is 1.76. The van der Waals surface area contributed by atoms with E-state index < -0.39 is 0 Å². The zero-order valence-corrected chi connectivity index (χ0v) is 16.8.